The third kappa shape index (κ3) is 6.21. The van der Waals surface area contributed by atoms with E-state index in [2.05, 4.69) is 48.3 Å². The second-order valence-electron chi connectivity index (χ2n) is 9.88. The summed E-state index contributed by atoms with van der Waals surface area (Å²) in [6.45, 7) is 6.68. The zero-order chi connectivity index (χ0) is 30.0. The summed E-state index contributed by atoms with van der Waals surface area (Å²) in [5.41, 5.74) is 3.93. The molecule has 1 aliphatic heterocycles. The Morgan fingerprint density at radius 2 is 1.93 bits per heavy atom. The lowest BCUT2D eigenvalue weighted by Gasteiger charge is -2.28. The van der Waals surface area contributed by atoms with Crippen LogP contribution in [0.25, 0.3) is 16.3 Å². The minimum absolute atomic E-state index is 0.131. The van der Waals surface area contributed by atoms with E-state index < -0.39 is 12.0 Å². The molecular weight excluding hydrogens is 592 g/mol. The van der Waals surface area contributed by atoms with Gasteiger partial charge in [0, 0.05) is 28.2 Å². The van der Waals surface area contributed by atoms with Crippen molar-refractivity contribution in [1.29, 1.82) is 0 Å². The van der Waals surface area contributed by atoms with Gasteiger partial charge in [-0.3, -0.25) is 10.1 Å². The van der Waals surface area contributed by atoms with Gasteiger partial charge in [0.25, 0.3) is 5.01 Å². The zero-order valence-corrected chi connectivity index (χ0v) is 26.1. The molecule has 1 atom stereocenters. The van der Waals surface area contributed by atoms with Crippen LogP contribution in [0.2, 0.25) is 5.02 Å². The van der Waals surface area contributed by atoms with E-state index in [0.717, 1.165) is 26.8 Å². The van der Waals surface area contributed by atoms with E-state index >= 15 is 0 Å². The maximum absolute atomic E-state index is 13.3. The molecule has 1 unspecified atom stereocenters. The Hall–Kier alpha value is -3.73. The summed E-state index contributed by atoms with van der Waals surface area (Å²) < 4.78 is 8.30. The number of thiazole rings is 1. The molecule has 4 aromatic rings. The van der Waals surface area contributed by atoms with Crippen LogP contribution in [0.4, 0.5) is 11.4 Å². The van der Waals surface area contributed by atoms with Gasteiger partial charge in [-0.2, -0.15) is 4.57 Å². The zero-order valence-electron chi connectivity index (χ0n) is 23.8. The molecule has 2 heterocycles. The normalized spacial score (nSPS) is 14.2. The fraction of sp³-hybridized carbons (Fsp3) is 0.258. The lowest BCUT2D eigenvalue weighted by molar-refractivity contribution is -0.672. The molecule has 0 radical (unpaired) electrons. The lowest BCUT2D eigenvalue weighted by Crippen LogP contribution is -2.50. The molecule has 1 aliphatic rings. The minimum Gasteiger partial charge on any atom is -0.497 e. The van der Waals surface area contributed by atoms with Crippen LogP contribution in [0.1, 0.15) is 24.4 Å². The molecule has 0 saturated carbocycles. The predicted octanol–water partition coefficient (Wildman–Crippen LogP) is 6.14. The molecule has 42 heavy (non-hydrogen) atoms. The summed E-state index contributed by atoms with van der Waals surface area (Å²) in [4.78, 5) is 30.2. The first-order valence-electron chi connectivity index (χ1n) is 13.5. The third-order valence-corrected chi connectivity index (χ3v) is 9.58. The monoisotopic (exact) mass is 623 g/mol. The van der Waals surface area contributed by atoms with Crippen LogP contribution in [0, 0.1) is 6.92 Å². The van der Waals surface area contributed by atoms with Crippen molar-refractivity contribution in [3.63, 3.8) is 0 Å². The van der Waals surface area contributed by atoms with Crippen molar-refractivity contribution in [2.45, 2.75) is 38.4 Å². The fourth-order valence-corrected chi connectivity index (χ4v) is 7.29. The molecule has 0 fully saturated rings. The SMILES string of the molecule is CCN1/C(=C/c2sc3ccc(Cl)cc3[n+]2CNC(=O)CN(c2ccc(OC)cc2)C(C)C(=O)O)Sc2ccc(C)cc21. The van der Waals surface area contributed by atoms with Gasteiger partial charge in [0.15, 0.2) is 0 Å². The maximum atomic E-state index is 13.3. The molecular formula is C31H32ClN4O4S2+. The molecule has 218 valence electrons. The number of nitrogens with one attached hydrogen (secondary N) is 1. The number of carbonyl (C=O) groups excluding carboxylic acids is 1. The van der Waals surface area contributed by atoms with Gasteiger partial charge in [-0.05, 0) is 74.9 Å². The summed E-state index contributed by atoms with van der Waals surface area (Å²) in [6.07, 6.45) is 2.16. The molecule has 0 saturated heterocycles. The van der Waals surface area contributed by atoms with Crippen molar-refractivity contribution in [2.75, 3.05) is 30.0 Å². The van der Waals surface area contributed by atoms with Crippen LogP contribution >= 0.6 is 34.7 Å². The van der Waals surface area contributed by atoms with Gasteiger partial charge in [0.05, 0.1) is 30.4 Å². The van der Waals surface area contributed by atoms with Crippen LogP contribution in [0.3, 0.4) is 0 Å². The summed E-state index contributed by atoms with van der Waals surface area (Å²) >= 11 is 9.74. The smallest absolute Gasteiger partial charge is 0.326 e. The molecule has 1 aromatic heterocycles. The third-order valence-electron chi connectivity index (χ3n) is 7.12. The number of anilines is 2. The van der Waals surface area contributed by atoms with Gasteiger partial charge in [0.2, 0.25) is 18.1 Å². The van der Waals surface area contributed by atoms with Crippen molar-refractivity contribution in [1.82, 2.24) is 5.32 Å². The first-order chi connectivity index (χ1) is 20.2. The van der Waals surface area contributed by atoms with Gasteiger partial charge in [-0.25, -0.2) is 4.79 Å². The Bertz CT molecular complexity index is 1670. The molecule has 3 aromatic carbocycles. The molecule has 11 heteroatoms. The Kier molecular flexibility index (Phi) is 8.96. The summed E-state index contributed by atoms with van der Waals surface area (Å²) in [7, 11) is 1.56. The van der Waals surface area contributed by atoms with E-state index in [1.165, 1.54) is 16.1 Å². The summed E-state index contributed by atoms with van der Waals surface area (Å²) in [6, 6.07) is 18.3. The average Bonchev–Trinajstić information content (AvgIpc) is 3.50. The number of hydrogen-bond acceptors (Lipinski definition) is 7. The Labute approximate surface area is 258 Å². The van der Waals surface area contributed by atoms with Crippen molar-refractivity contribution >= 4 is 74.2 Å². The minimum atomic E-state index is -1.02. The van der Waals surface area contributed by atoms with Crippen molar-refractivity contribution in [3.05, 3.63) is 81.3 Å². The predicted molar refractivity (Wildman–Crippen MR) is 171 cm³/mol. The highest BCUT2D eigenvalue weighted by Gasteiger charge is 2.28. The van der Waals surface area contributed by atoms with Gasteiger partial charge in [-0.15, -0.1) is 0 Å². The van der Waals surface area contributed by atoms with Gasteiger partial charge in [0.1, 0.15) is 16.5 Å². The Morgan fingerprint density at radius 3 is 2.62 bits per heavy atom. The van der Waals surface area contributed by atoms with Gasteiger partial charge < -0.3 is 19.6 Å². The summed E-state index contributed by atoms with van der Waals surface area (Å²) in [5, 5.41) is 15.4. The number of aliphatic carboxylic acids is 1. The van der Waals surface area contributed by atoms with E-state index in [1.807, 2.05) is 22.8 Å². The number of carboxylic acids is 1. The Morgan fingerprint density at radius 1 is 1.17 bits per heavy atom. The number of aromatic nitrogens is 1. The van der Waals surface area contributed by atoms with Crippen LogP contribution < -0.4 is 24.4 Å². The number of carbonyl (C=O) groups is 2. The molecule has 0 spiro atoms. The highest BCUT2D eigenvalue weighted by molar-refractivity contribution is 8.03. The highest BCUT2D eigenvalue weighted by atomic mass is 35.5. The van der Waals surface area contributed by atoms with E-state index in [1.54, 1.807) is 66.3 Å². The Balaban J connectivity index is 1.42. The fourth-order valence-electron chi connectivity index (χ4n) is 4.83. The van der Waals surface area contributed by atoms with Crippen LogP contribution in [-0.2, 0) is 16.3 Å². The van der Waals surface area contributed by atoms with Crippen LogP contribution in [0.15, 0.2) is 70.6 Å². The number of thioether (sulfide) groups is 1. The quantitative estimate of drug-likeness (QED) is 0.205. The van der Waals surface area contributed by atoms with Crippen LogP contribution in [-0.4, -0.2) is 43.2 Å². The molecule has 8 nitrogen and oxygen atoms in total. The highest BCUT2D eigenvalue weighted by Crippen LogP contribution is 2.47. The van der Waals surface area contributed by atoms with Gasteiger partial charge in [-0.1, -0.05) is 40.8 Å². The van der Waals surface area contributed by atoms with E-state index in [0.29, 0.717) is 16.5 Å². The lowest BCUT2D eigenvalue weighted by atomic mass is 10.2. The number of rotatable bonds is 10. The number of amides is 1. The number of halogens is 1. The molecule has 2 N–H and O–H groups in total. The largest absolute Gasteiger partial charge is 0.497 e. The molecule has 0 bridgehead atoms. The number of aryl methyl sites for hydroxylation is 1. The number of methoxy groups -OCH3 is 1. The van der Waals surface area contributed by atoms with E-state index in [4.69, 9.17) is 16.3 Å². The van der Waals surface area contributed by atoms with Gasteiger partial charge >= 0.3 is 5.97 Å². The van der Waals surface area contributed by atoms with E-state index in [-0.39, 0.29) is 19.1 Å². The first kappa shape index (κ1) is 29.8. The number of benzene rings is 3. The molecule has 1 amide bonds. The van der Waals surface area contributed by atoms with Crippen LogP contribution in [0.5, 0.6) is 5.75 Å². The molecule has 0 aliphatic carbocycles. The number of fused-ring (bicyclic) bond motifs is 2. The standard InChI is InChI=1S/C31H31ClN4O4S2/c1-5-34-24-14-19(2)6-12-26(24)41-29(34)16-30-36(25-15-21(32)7-13-27(25)42-30)18-33-28(37)17-35(20(3)31(38)39)22-8-10-23(40-4)11-9-22/h6-16,20H,5,17-18H2,1-4H3,(H-,33,37,38,39)/p+1. The number of nitrogens with zero attached hydrogens (tertiary/aromatic N) is 3. The van der Waals surface area contributed by atoms with Crippen molar-refractivity contribution in [3.8, 4) is 5.75 Å². The number of ether oxygens (including phenoxy) is 1. The second kappa shape index (κ2) is 12.6. The molecule has 5 rings (SSSR count). The maximum Gasteiger partial charge on any atom is 0.326 e. The number of hydrogen-bond donors (Lipinski definition) is 2. The average molecular weight is 624 g/mol. The first-order valence-corrected chi connectivity index (χ1v) is 15.5. The van der Waals surface area contributed by atoms with Crippen molar-refractivity contribution in [2.24, 2.45) is 0 Å². The topological polar surface area (TPSA) is 86.0 Å². The summed E-state index contributed by atoms with van der Waals surface area (Å²) in [5.74, 6) is -0.682. The van der Waals surface area contributed by atoms with E-state index in [9.17, 15) is 14.7 Å². The number of carboxylic acid groups (broad SMARTS) is 1. The second-order valence-corrected chi connectivity index (χ2v) is 12.4. The van der Waals surface area contributed by atoms with Crippen molar-refractivity contribution < 1.29 is 24.0 Å².